The SMILES string of the molecule is O=C(O)[C@H]1Cc2ccccc2CN1C(=O)[C@H]1COc2ccccc21. The summed E-state index contributed by atoms with van der Waals surface area (Å²) in [6.07, 6.45) is 0.340. The number of hydrogen-bond donors (Lipinski definition) is 1. The largest absolute Gasteiger partial charge is 0.492 e. The van der Waals surface area contributed by atoms with E-state index in [9.17, 15) is 14.7 Å². The van der Waals surface area contributed by atoms with Gasteiger partial charge in [0.1, 0.15) is 24.3 Å². The number of nitrogens with zero attached hydrogens (tertiary/aromatic N) is 1. The lowest BCUT2D eigenvalue weighted by atomic mass is 9.91. The van der Waals surface area contributed by atoms with Gasteiger partial charge in [0.2, 0.25) is 5.91 Å². The number of carbonyl (C=O) groups is 2. The van der Waals surface area contributed by atoms with Crippen LogP contribution in [0.1, 0.15) is 22.6 Å². The molecule has 2 aliphatic heterocycles. The summed E-state index contributed by atoms with van der Waals surface area (Å²) in [5.74, 6) is -0.875. The monoisotopic (exact) mass is 323 g/mol. The first-order valence-electron chi connectivity index (χ1n) is 7.97. The Balaban J connectivity index is 1.67. The van der Waals surface area contributed by atoms with Crippen LogP contribution in [0.3, 0.4) is 0 Å². The molecule has 0 saturated heterocycles. The third kappa shape index (κ3) is 2.33. The minimum Gasteiger partial charge on any atom is -0.492 e. The van der Waals surface area contributed by atoms with Crippen molar-refractivity contribution in [3.8, 4) is 5.75 Å². The van der Waals surface area contributed by atoms with Crippen LogP contribution in [0.2, 0.25) is 0 Å². The molecule has 2 aliphatic rings. The van der Waals surface area contributed by atoms with Gasteiger partial charge in [-0.1, -0.05) is 42.5 Å². The molecule has 2 aromatic carbocycles. The van der Waals surface area contributed by atoms with E-state index in [1.807, 2.05) is 48.5 Å². The molecule has 24 heavy (non-hydrogen) atoms. The second kappa shape index (κ2) is 5.67. The van der Waals surface area contributed by atoms with Crippen molar-refractivity contribution < 1.29 is 19.4 Å². The standard InChI is InChI=1S/C19H17NO4/c21-18(15-11-24-17-8-4-3-7-14(15)17)20-10-13-6-2-1-5-12(13)9-16(20)19(22)23/h1-8,15-16H,9-11H2,(H,22,23)/t15-,16+/m0/s1. The zero-order valence-corrected chi connectivity index (χ0v) is 13.0. The molecule has 0 saturated carbocycles. The highest BCUT2D eigenvalue weighted by Gasteiger charge is 2.40. The molecule has 0 fully saturated rings. The fourth-order valence-corrected chi connectivity index (χ4v) is 3.54. The van der Waals surface area contributed by atoms with Crippen molar-refractivity contribution in [1.82, 2.24) is 4.90 Å². The Hall–Kier alpha value is -2.82. The number of carboxylic acid groups (broad SMARTS) is 1. The van der Waals surface area contributed by atoms with Gasteiger partial charge in [-0.3, -0.25) is 4.79 Å². The predicted octanol–water partition coefficient (Wildman–Crippen LogP) is 2.20. The first-order valence-corrected chi connectivity index (χ1v) is 7.97. The van der Waals surface area contributed by atoms with Crippen LogP contribution in [-0.2, 0) is 22.6 Å². The Morgan fingerprint density at radius 2 is 1.75 bits per heavy atom. The fraction of sp³-hybridized carbons (Fsp3) is 0.263. The quantitative estimate of drug-likeness (QED) is 0.920. The molecular formula is C19H17NO4. The number of benzene rings is 2. The molecule has 4 rings (SSSR count). The number of carbonyl (C=O) groups excluding carboxylic acids is 1. The fourth-order valence-electron chi connectivity index (χ4n) is 3.54. The lowest BCUT2D eigenvalue weighted by Crippen LogP contribution is -2.50. The number of ether oxygens (including phenoxy) is 1. The second-order valence-corrected chi connectivity index (χ2v) is 6.19. The Labute approximate surface area is 139 Å². The van der Waals surface area contributed by atoms with Gasteiger partial charge < -0.3 is 14.7 Å². The second-order valence-electron chi connectivity index (χ2n) is 6.19. The number of carboxylic acids is 1. The molecule has 0 aromatic heterocycles. The van der Waals surface area contributed by atoms with E-state index >= 15 is 0 Å². The van der Waals surface area contributed by atoms with E-state index in [0.29, 0.717) is 18.7 Å². The number of hydrogen-bond acceptors (Lipinski definition) is 3. The molecule has 0 aliphatic carbocycles. The maximum Gasteiger partial charge on any atom is 0.326 e. The molecular weight excluding hydrogens is 306 g/mol. The number of rotatable bonds is 2. The third-order valence-corrected chi connectivity index (χ3v) is 4.81. The van der Waals surface area contributed by atoms with E-state index in [-0.39, 0.29) is 12.5 Å². The van der Waals surface area contributed by atoms with Gasteiger partial charge in [-0.2, -0.15) is 0 Å². The summed E-state index contributed by atoms with van der Waals surface area (Å²) in [7, 11) is 0. The van der Waals surface area contributed by atoms with Crippen molar-refractivity contribution in [2.24, 2.45) is 0 Å². The summed E-state index contributed by atoms with van der Waals surface area (Å²) in [6.45, 7) is 0.591. The van der Waals surface area contributed by atoms with Crippen LogP contribution in [0.15, 0.2) is 48.5 Å². The molecule has 0 radical (unpaired) electrons. The molecule has 5 nitrogen and oxygen atoms in total. The Kier molecular flexibility index (Phi) is 3.49. The van der Waals surface area contributed by atoms with Gasteiger partial charge in [-0.05, 0) is 17.2 Å². The molecule has 2 heterocycles. The first kappa shape index (κ1) is 14.8. The van der Waals surface area contributed by atoms with Crippen molar-refractivity contribution in [2.75, 3.05) is 6.61 Å². The summed E-state index contributed by atoms with van der Waals surface area (Å²) >= 11 is 0. The molecule has 2 aromatic rings. The molecule has 122 valence electrons. The first-order chi connectivity index (χ1) is 11.6. The van der Waals surface area contributed by atoms with Gasteiger partial charge in [0.15, 0.2) is 0 Å². The Bertz CT molecular complexity index is 817. The molecule has 2 atom stereocenters. The third-order valence-electron chi connectivity index (χ3n) is 4.81. The average molecular weight is 323 g/mol. The molecule has 1 amide bonds. The summed E-state index contributed by atoms with van der Waals surface area (Å²) in [5.41, 5.74) is 2.85. The molecule has 5 heteroatoms. The minimum absolute atomic E-state index is 0.179. The number of aliphatic carboxylic acids is 1. The minimum atomic E-state index is -0.968. The van der Waals surface area contributed by atoms with Crippen LogP contribution in [-0.4, -0.2) is 34.5 Å². The highest BCUT2D eigenvalue weighted by atomic mass is 16.5. The summed E-state index contributed by atoms with van der Waals surface area (Å²) in [4.78, 5) is 26.3. The Morgan fingerprint density at radius 3 is 2.54 bits per heavy atom. The smallest absolute Gasteiger partial charge is 0.326 e. The van der Waals surface area contributed by atoms with Gasteiger partial charge in [-0.25, -0.2) is 4.79 Å². The van der Waals surface area contributed by atoms with Crippen molar-refractivity contribution in [3.63, 3.8) is 0 Å². The van der Waals surface area contributed by atoms with Crippen LogP contribution < -0.4 is 4.74 Å². The topological polar surface area (TPSA) is 66.8 Å². The molecule has 1 N–H and O–H groups in total. The van der Waals surface area contributed by atoms with E-state index < -0.39 is 17.9 Å². The van der Waals surface area contributed by atoms with Crippen molar-refractivity contribution in [3.05, 3.63) is 65.2 Å². The van der Waals surface area contributed by atoms with Gasteiger partial charge in [0.25, 0.3) is 0 Å². The number of fused-ring (bicyclic) bond motifs is 2. The zero-order chi connectivity index (χ0) is 16.7. The van der Waals surface area contributed by atoms with Crippen molar-refractivity contribution in [1.29, 1.82) is 0 Å². The van der Waals surface area contributed by atoms with Gasteiger partial charge in [-0.15, -0.1) is 0 Å². The van der Waals surface area contributed by atoms with Crippen LogP contribution in [0.5, 0.6) is 5.75 Å². The normalized spacial score (nSPS) is 21.6. The van der Waals surface area contributed by atoms with Crippen LogP contribution in [0, 0.1) is 0 Å². The van der Waals surface area contributed by atoms with Gasteiger partial charge in [0.05, 0.1) is 0 Å². The number of para-hydroxylation sites is 1. The summed E-state index contributed by atoms with van der Waals surface area (Å²) in [6, 6.07) is 14.3. The van der Waals surface area contributed by atoms with Gasteiger partial charge in [0, 0.05) is 18.5 Å². The number of amides is 1. The zero-order valence-electron chi connectivity index (χ0n) is 13.0. The van der Waals surface area contributed by atoms with E-state index in [1.54, 1.807) is 0 Å². The van der Waals surface area contributed by atoms with Crippen LogP contribution >= 0.6 is 0 Å². The summed E-state index contributed by atoms with van der Waals surface area (Å²) in [5, 5.41) is 9.60. The molecule has 0 bridgehead atoms. The Morgan fingerprint density at radius 1 is 1.04 bits per heavy atom. The molecule has 0 spiro atoms. The van der Waals surface area contributed by atoms with Crippen LogP contribution in [0.4, 0.5) is 0 Å². The lowest BCUT2D eigenvalue weighted by molar-refractivity contribution is -0.152. The van der Waals surface area contributed by atoms with E-state index in [0.717, 1.165) is 16.7 Å². The lowest BCUT2D eigenvalue weighted by Gasteiger charge is -2.35. The maximum absolute atomic E-state index is 13.1. The van der Waals surface area contributed by atoms with E-state index in [1.165, 1.54) is 4.90 Å². The van der Waals surface area contributed by atoms with E-state index in [4.69, 9.17) is 4.74 Å². The predicted molar refractivity (Wildman–Crippen MR) is 86.8 cm³/mol. The van der Waals surface area contributed by atoms with Crippen molar-refractivity contribution in [2.45, 2.75) is 24.9 Å². The van der Waals surface area contributed by atoms with E-state index in [2.05, 4.69) is 0 Å². The van der Waals surface area contributed by atoms with Crippen LogP contribution in [0.25, 0.3) is 0 Å². The average Bonchev–Trinajstić information content (AvgIpc) is 3.04. The van der Waals surface area contributed by atoms with Crippen molar-refractivity contribution >= 4 is 11.9 Å². The summed E-state index contributed by atoms with van der Waals surface area (Å²) < 4.78 is 5.59. The maximum atomic E-state index is 13.1. The molecule has 0 unspecified atom stereocenters. The highest BCUT2D eigenvalue weighted by Crippen LogP contribution is 2.36. The highest BCUT2D eigenvalue weighted by molar-refractivity contribution is 5.90. The van der Waals surface area contributed by atoms with Gasteiger partial charge >= 0.3 is 5.97 Å².